The first-order valence-corrected chi connectivity index (χ1v) is 17.9. The van der Waals surface area contributed by atoms with E-state index in [1.165, 1.54) is 11.1 Å². The van der Waals surface area contributed by atoms with Gasteiger partial charge in [-0.15, -0.1) is 12.4 Å². The Morgan fingerprint density at radius 2 is 1.58 bits per heavy atom. The Hall–Kier alpha value is -4.24. The monoisotopic (exact) mass is 777 g/mol. The van der Waals surface area contributed by atoms with E-state index in [9.17, 15) is 4.79 Å². The maximum absolute atomic E-state index is 13.0. The van der Waals surface area contributed by atoms with Crippen LogP contribution in [0.25, 0.3) is 6.08 Å². The first kappa shape index (κ1) is 39.0. The Balaban J connectivity index is 0.00000523. The maximum atomic E-state index is 13.0. The molecule has 270 valence electrons. The van der Waals surface area contributed by atoms with E-state index in [2.05, 4.69) is 34.1 Å². The van der Waals surface area contributed by atoms with Crippen molar-refractivity contribution in [2.45, 2.75) is 26.5 Å². The summed E-state index contributed by atoms with van der Waals surface area (Å²) in [5.41, 5.74) is 5.00. The standard InChI is InChI=1S/C41H38Cl3N3O4.ClH/c1-29-23-32(24-38(44)41(29)51-39-15-14-36(26-45-39)50-28-33-5-2-3-8-37(33)43)13-16-40(48)47-20-18-46(19-21-47)27-31-11-9-30(10-12-31)17-22-49-35-7-4-6-34(42)25-35;/h2-16,23-26H,17-22,27-28H2,1H3;1H. The first-order valence-electron chi connectivity index (χ1n) is 16.7. The summed E-state index contributed by atoms with van der Waals surface area (Å²) in [7, 11) is 0. The summed E-state index contributed by atoms with van der Waals surface area (Å²) in [5, 5.41) is 1.75. The van der Waals surface area contributed by atoms with Crippen LogP contribution >= 0.6 is 47.2 Å². The van der Waals surface area contributed by atoms with Gasteiger partial charge in [-0.2, -0.15) is 0 Å². The Morgan fingerprint density at radius 1 is 0.808 bits per heavy atom. The van der Waals surface area contributed by atoms with Crippen LogP contribution < -0.4 is 14.2 Å². The lowest BCUT2D eigenvalue weighted by Crippen LogP contribution is -2.47. The molecule has 1 aliphatic heterocycles. The van der Waals surface area contributed by atoms with E-state index in [-0.39, 0.29) is 18.3 Å². The summed E-state index contributed by atoms with van der Waals surface area (Å²) in [6.45, 7) is 6.65. The number of aromatic nitrogens is 1. The molecule has 0 bridgehead atoms. The molecule has 0 saturated carbocycles. The van der Waals surface area contributed by atoms with Crippen molar-refractivity contribution in [3.63, 3.8) is 0 Å². The second-order valence-electron chi connectivity index (χ2n) is 12.3. The molecule has 4 aromatic carbocycles. The zero-order chi connectivity index (χ0) is 35.6. The molecule has 0 aliphatic carbocycles. The van der Waals surface area contributed by atoms with E-state index in [1.54, 1.807) is 36.5 Å². The van der Waals surface area contributed by atoms with Gasteiger partial charge in [0, 0.05) is 66.9 Å². The predicted molar refractivity (Wildman–Crippen MR) is 212 cm³/mol. The quantitative estimate of drug-likeness (QED) is 0.111. The average Bonchev–Trinajstić information content (AvgIpc) is 3.13. The number of carbonyl (C=O) groups is 1. The molecular formula is C41H39Cl4N3O4. The molecule has 0 unspecified atom stereocenters. The molecule has 1 aliphatic rings. The molecule has 1 fully saturated rings. The van der Waals surface area contributed by atoms with Crippen LogP contribution in [0.5, 0.6) is 23.1 Å². The fourth-order valence-corrected chi connectivity index (χ4v) is 6.37. The van der Waals surface area contributed by atoms with Gasteiger partial charge in [-0.3, -0.25) is 9.69 Å². The van der Waals surface area contributed by atoms with Crippen LogP contribution in [0.2, 0.25) is 15.1 Å². The number of hydrogen-bond acceptors (Lipinski definition) is 6. The zero-order valence-corrected chi connectivity index (χ0v) is 31.7. The van der Waals surface area contributed by atoms with E-state index in [0.717, 1.165) is 48.5 Å². The van der Waals surface area contributed by atoms with Crippen molar-refractivity contribution in [1.29, 1.82) is 0 Å². The van der Waals surface area contributed by atoms with Gasteiger partial charge in [0.1, 0.15) is 18.1 Å². The van der Waals surface area contributed by atoms with E-state index in [4.69, 9.17) is 49.0 Å². The highest BCUT2D eigenvalue weighted by molar-refractivity contribution is 6.32. The Bertz CT molecular complexity index is 1940. The number of halogens is 4. The number of rotatable bonds is 13. The SMILES string of the molecule is Cc1cc(C=CC(=O)N2CCN(Cc3ccc(CCOc4cccc(Cl)c4)cc3)CC2)cc(Cl)c1Oc1ccc(OCc2ccccc2Cl)cn1.Cl. The molecule has 2 heterocycles. The Labute approximate surface area is 326 Å². The van der Waals surface area contributed by atoms with Gasteiger partial charge in [0.2, 0.25) is 11.8 Å². The fraction of sp³-hybridized carbons (Fsp3) is 0.220. The molecule has 7 nitrogen and oxygen atoms in total. The van der Waals surface area contributed by atoms with Crippen molar-refractivity contribution >= 4 is 59.2 Å². The molecular weight excluding hydrogens is 740 g/mol. The lowest BCUT2D eigenvalue weighted by molar-refractivity contribution is -0.127. The summed E-state index contributed by atoms with van der Waals surface area (Å²) >= 11 is 18.9. The summed E-state index contributed by atoms with van der Waals surface area (Å²) < 4.78 is 17.6. The summed E-state index contributed by atoms with van der Waals surface area (Å²) in [6, 6.07) is 30.9. The average molecular weight is 780 g/mol. The lowest BCUT2D eigenvalue weighted by Gasteiger charge is -2.34. The number of carbonyl (C=O) groups excluding carboxylic acids is 1. The maximum Gasteiger partial charge on any atom is 0.246 e. The largest absolute Gasteiger partial charge is 0.493 e. The number of hydrogen-bond donors (Lipinski definition) is 0. The summed E-state index contributed by atoms with van der Waals surface area (Å²) in [5.74, 6) is 2.24. The van der Waals surface area contributed by atoms with Crippen LogP contribution in [0.3, 0.4) is 0 Å². The van der Waals surface area contributed by atoms with E-state index >= 15 is 0 Å². The van der Waals surface area contributed by atoms with Gasteiger partial charge < -0.3 is 19.1 Å². The van der Waals surface area contributed by atoms with Crippen LogP contribution in [-0.2, 0) is 24.4 Å². The number of benzene rings is 4. The minimum absolute atomic E-state index is 0. The summed E-state index contributed by atoms with van der Waals surface area (Å²) in [4.78, 5) is 21.7. The number of piperazine rings is 1. The number of ether oxygens (including phenoxy) is 3. The van der Waals surface area contributed by atoms with Crippen molar-refractivity contribution < 1.29 is 19.0 Å². The van der Waals surface area contributed by atoms with Crippen molar-refractivity contribution in [3.8, 4) is 23.1 Å². The molecule has 0 atom stereocenters. The molecule has 0 spiro atoms. The molecule has 1 amide bonds. The van der Waals surface area contributed by atoms with E-state index < -0.39 is 0 Å². The van der Waals surface area contributed by atoms with Crippen molar-refractivity contribution in [1.82, 2.24) is 14.8 Å². The molecule has 1 saturated heterocycles. The van der Waals surface area contributed by atoms with Gasteiger partial charge in [-0.1, -0.05) is 83.3 Å². The third kappa shape index (κ3) is 11.1. The molecule has 0 N–H and O–H groups in total. The van der Waals surface area contributed by atoms with Crippen LogP contribution in [0, 0.1) is 6.92 Å². The highest BCUT2D eigenvalue weighted by Crippen LogP contribution is 2.34. The van der Waals surface area contributed by atoms with E-state index in [0.29, 0.717) is 58.8 Å². The second-order valence-corrected chi connectivity index (χ2v) is 13.5. The van der Waals surface area contributed by atoms with Crippen molar-refractivity contribution in [2.24, 2.45) is 0 Å². The smallest absolute Gasteiger partial charge is 0.246 e. The minimum atomic E-state index is -0.0193. The van der Waals surface area contributed by atoms with Gasteiger partial charge in [0.15, 0.2) is 5.75 Å². The van der Waals surface area contributed by atoms with Crippen LogP contribution in [0.15, 0.2) is 109 Å². The zero-order valence-electron chi connectivity index (χ0n) is 28.6. The molecule has 52 heavy (non-hydrogen) atoms. The van der Waals surface area contributed by atoms with Gasteiger partial charge in [-0.05, 0) is 77.7 Å². The normalized spacial score (nSPS) is 13.1. The predicted octanol–water partition coefficient (Wildman–Crippen LogP) is 10.1. The van der Waals surface area contributed by atoms with Crippen LogP contribution in [-0.4, -0.2) is 53.5 Å². The van der Waals surface area contributed by atoms with Crippen molar-refractivity contribution in [3.05, 3.63) is 152 Å². The first-order chi connectivity index (χ1) is 24.8. The number of pyridine rings is 1. The number of aryl methyl sites for hydroxylation is 1. The number of amides is 1. The second kappa shape index (κ2) is 19.0. The molecule has 6 rings (SSSR count). The van der Waals surface area contributed by atoms with E-state index in [1.807, 2.05) is 66.4 Å². The molecule has 0 radical (unpaired) electrons. The van der Waals surface area contributed by atoms with Crippen LogP contribution in [0.4, 0.5) is 0 Å². The number of nitrogens with zero attached hydrogens (tertiary/aromatic N) is 3. The third-order valence-corrected chi connectivity index (χ3v) is 9.39. The third-order valence-electron chi connectivity index (χ3n) is 8.51. The molecule has 1 aromatic heterocycles. The minimum Gasteiger partial charge on any atom is -0.493 e. The van der Waals surface area contributed by atoms with Gasteiger partial charge in [0.05, 0.1) is 17.8 Å². The fourth-order valence-electron chi connectivity index (χ4n) is 5.69. The van der Waals surface area contributed by atoms with Gasteiger partial charge in [-0.25, -0.2) is 4.98 Å². The molecule has 5 aromatic rings. The highest BCUT2D eigenvalue weighted by atomic mass is 35.5. The molecule has 11 heteroatoms. The Kier molecular flexibility index (Phi) is 14.3. The van der Waals surface area contributed by atoms with Crippen LogP contribution in [0.1, 0.15) is 27.8 Å². The highest BCUT2D eigenvalue weighted by Gasteiger charge is 2.20. The Morgan fingerprint density at radius 3 is 2.29 bits per heavy atom. The lowest BCUT2D eigenvalue weighted by atomic mass is 10.1. The topological polar surface area (TPSA) is 64.1 Å². The summed E-state index contributed by atoms with van der Waals surface area (Å²) in [6.07, 6.45) is 5.82. The van der Waals surface area contributed by atoms with Gasteiger partial charge >= 0.3 is 0 Å². The van der Waals surface area contributed by atoms with Crippen molar-refractivity contribution in [2.75, 3.05) is 32.8 Å². The van der Waals surface area contributed by atoms with Gasteiger partial charge in [0.25, 0.3) is 0 Å².